The zero-order chi connectivity index (χ0) is 27.0. The summed E-state index contributed by atoms with van der Waals surface area (Å²) in [5, 5.41) is 31.8. The fraction of sp³-hybridized carbons (Fsp3) is 0.345. The molecule has 2 aromatic carbocycles. The predicted octanol–water partition coefficient (Wildman–Crippen LogP) is 4.56. The van der Waals surface area contributed by atoms with Crippen molar-refractivity contribution in [2.45, 2.75) is 58.8 Å². The van der Waals surface area contributed by atoms with Gasteiger partial charge in [-0.1, -0.05) is 18.2 Å². The lowest BCUT2D eigenvalue weighted by atomic mass is 9.92. The van der Waals surface area contributed by atoms with Crippen LogP contribution in [0, 0.1) is 19.8 Å². The molecule has 0 spiro atoms. The number of aliphatic carboxylic acids is 1. The summed E-state index contributed by atoms with van der Waals surface area (Å²) >= 11 is 0. The molecule has 0 aliphatic heterocycles. The number of carboxylic acids is 1. The van der Waals surface area contributed by atoms with Gasteiger partial charge in [0.2, 0.25) is 5.82 Å². The van der Waals surface area contributed by atoms with Gasteiger partial charge in [-0.05, 0) is 97.5 Å². The van der Waals surface area contributed by atoms with Gasteiger partial charge in [-0.2, -0.15) is 4.80 Å². The van der Waals surface area contributed by atoms with E-state index < -0.39 is 11.6 Å². The summed E-state index contributed by atoms with van der Waals surface area (Å²) < 4.78 is 5.96. The predicted molar refractivity (Wildman–Crippen MR) is 142 cm³/mol. The SMILES string of the molecule is Cc1cc(-c2nnn(CC(C)(C)O)n2)cc(C)c1-c1cccc(COc2ccc([C@@H]3C[C@H]3C(=O)O)nc2)c1. The first-order chi connectivity index (χ1) is 18.1. The Hall–Kier alpha value is -4.11. The Morgan fingerprint density at radius 1 is 1.11 bits per heavy atom. The maximum Gasteiger partial charge on any atom is 0.307 e. The minimum absolute atomic E-state index is 0.00605. The van der Waals surface area contributed by atoms with Gasteiger partial charge in [0, 0.05) is 17.2 Å². The van der Waals surface area contributed by atoms with E-state index in [1.54, 1.807) is 20.0 Å². The molecule has 9 heteroatoms. The number of nitrogens with zero attached hydrogens (tertiary/aromatic N) is 5. The summed E-state index contributed by atoms with van der Waals surface area (Å²) in [6.45, 7) is 8.20. The molecule has 196 valence electrons. The minimum atomic E-state index is -0.926. The van der Waals surface area contributed by atoms with Crippen LogP contribution in [0.2, 0.25) is 0 Å². The first-order valence-electron chi connectivity index (χ1n) is 12.6. The van der Waals surface area contributed by atoms with E-state index in [1.165, 1.54) is 4.80 Å². The average molecular weight is 514 g/mol. The second kappa shape index (κ2) is 9.98. The normalized spacial score (nSPS) is 16.9. The Labute approximate surface area is 221 Å². The van der Waals surface area contributed by atoms with Gasteiger partial charge in [0.15, 0.2) is 0 Å². The molecule has 1 aliphatic carbocycles. The van der Waals surface area contributed by atoms with Gasteiger partial charge in [0.25, 0.3) is 0 Å². The fourth-order valence-corrected chi connectivity index (χ4v) is 4.79. The second-order valence-corrected chi connectivity index (χ2v) is 10.6. The van der Waals surface area contributed by atoms with Crippen LogP contribution in [0.1, 0.15) is 48.6 Å². The van der Waals surface area contributed by atoms with E-state index in [4.69, 9.17) is 9.84 Å². The van der Waals surface area contributed by atoms with E-state index in [-0.39, 0.29) is 18.4 Å². The first-order valence-corrected chi connectivity index (χ1v) is 12.6. The molecule has 2 N–H and O–H groups in total. The van der Waals surface area contributed by atoms with Crippen molar-refractivity contribution < 1.29 is 19.7 Å². The number of aromatic nitrogens is 5. The van der Waals surface area contributed by atoms with Crippen molar-refractivity contribution in [3.63, 3.8) is 0 Å². The number of rotatable bonds is 9. The largest absolute Gasteiger partial charge is 0.487 e. The van der Waals surface area contributed by atoms with Crippen molar-refractivity contribution in [2.24, 2.45) is 5.92 Å². The minimum Gasteiger partial charge on any atom is -0.487 e. The maximum absolute atomic E-state index is 11.1. The Morgan fingerprint density at radius 2 is 1.87 bits per heavy atom. The maximum atomic E-state index is 11.1. The zero-order valence-electron chi connectivity index (χ0n) is 21.9. The molecule has 2 aromatic heterocycles. The molecule has 4 aromatic rings. The number of carboxylic acid groups (broad SMARTS) is 1. The Kier molecular flexibility index (Phi) is 6.71. The van der Waals surface area contributed by atoms with Crippen LogP contribution in [0.3, 0.4) is 0 Å². The van der Waals surface area contributed by atoms with Crippen LogP contribution < -0.4 is 4.74 Å². The molecule has 5 rings (SSSR count). The summed E-state index contributed by atoms with van der Waals surface area (Å²) in [7, 11) is 0. The van der Waals surface area contributed by atoms with Crippen LogP contribution in [-0.2, 0) is 17.9 Å². The number of aliphatic hydroxyl groups is 1. The zero-order valence-corrected chi connectivity index (χ0v) is 21.9. The molecule has 38 heavy (non-hydrogen) atoms. The van der Waals surface area contributed by atoms with Gasteiger partial charge in [-0.25, -0.2) is 0 Å². The summed E-state index contributed by atoms with van der Waals surface area (Å²) in [5.74, 6) is 0.0969. The van der Waals surface area contributed by atoms with Crippen LogP contribution in [0.15, 0.2) is 54.7 Å². The molecule has 2 atom stereocenters. The number of benzene rings is 2. The lowest BCUT2D eigenvalue weighted by Crippen LogP contribution is -2.27. The van der Waals surface area contributed by atoms with Gasteiger partial charge in [-0.15, -0.1) is 10.2 Å². The highest BCUT2D eigenvalue weighted by atomic mass is 16.5. The van der Waals surface area contributed by atoms with Crippen molar-refractivity contribution in [3.8, 4) is 28.3 Å². The number of hydrogen-bond donors (Lipinski definition) is 2. The van der Waals surface area contributed by atoms with E-state index >= 15 is 0 Å². The van der Waals surface area contributed by atoms with Crippen LogP contribution >= 0.6 is 0 Å². The van der Waals surface area contributed by atoms with E-state index in [1.807, 2.05) is 24.3 Å². The Morgan fingerprint density at radius 3 is 2.50 bits per heavy atom. The summed E-state index contributed by atoms with van der Waals surface area (Å²) in [4.78, 5) is 16.9. The molecule has 2 heterocycles. The van der Waals surface area contributed by atoms with E-state index in [0.29, 0.717) is 24.6 Å². The van der Waals surface area contributed by atoms with Crippen LogP contribution in [0.5, 0.6) is 5.75 Å². The topological polar surface area (TPSA) is 123 Å². The smallest absolute Gasteiger partial charge is 0.307 e. The third-order valence-corrected chi connectivity index (χ3v) is 6.64. The average Bonchev–Trinajstić information content (AvgIpc) is 3.54. The number of pyridine rings is 1. The number of hydrogen-bond acceptors (Lipinski definition) is 7. The molecule has 1 fully saturated rings. The molecular formula is C29H31N5O4. The van der Waals surface area contributed by atoms with Crippen molar-refractivity contribution in [1.29, 1.82) is 0 Å². The van der Waals surface area contributed by atoms with Gasteiger partial charge in [0.05, 0.1) is 24.3 Å². The first kappa shape index (κ1) is 25.5. The van der Waals surface area contributed by atoms with Crippen molar-refractivity contribution >= 4 is 5.97 Å². The van der Waals surface area contributed by atoms with E-state index in [2.05, 4.69) is 58.5 Å². The number of ether oxygens (including phenoxy) is 1. The number of carbonyl (C=O) groups is 1. The van der Waals surface area contributed by atoms with Gasteiger partial charge < -0.3 is 14.9 Å². The van der Waals surface area contributed by atoms with Crippen molar-refractivity contribution in [1.82, 2.24) is 25.2 Å². The second-order valence-electron chi connectivity index (χ2n) is 10.6. The lowest BCUT2D eigenvalue weighted by Gasteiger charge is -2.15. The van der Waals surface area contributed by atoms with E-state index in [9.17, 15) is 9.90 Å². The Bertz CT molecular complexity index is 1450. The van der Waals surface area contributed by atoms with Gasteiger partial charge in [-0.3, -0.25) is 9.78 Å². The molecule has 0 bridgehead atoms. The van der Waals surface area contributed by atoms with Crippen LogP contribution in [0.25, 0.3) is 22.5 Å². The lowest BCUT2D eigenvalue weighted by molar-refractivity contribution is -0.138. The molecule has 0 radical (unpaired) electrons. The highest BCUT2D eigenvalue weighted by molar-refractivity contribution is 5.76. The van der Waals surface area contributed by atoms with E-state index in [0.717, 1.165) is 39.1 Å². The molecule has 1 saturated carbocycles. The van der Waals surface area contributed by atoms with Crippen LogP contribution in [-0.4, -0.2) is 47.0 Å². The summed E-state index contributed by atoms with van der Waals surface area (Å²) in [6.07, 6.45) is 2.31. The molecule has 0 saturated heterocycles. The fourth-order valence-electron chi connectivity index (χ4n) is 4.79. The standard InChI is InChI=1S/C29H31N5O4/c1-17-10-21(27-31-33-34(32-27)16-29(3,4)37)11-18(2)26(17)20-7-5-6-19(12-20)15-38-22-8-9-25(30-14-22)23-13-24(23)28(35)36/h5-12,14,23-24,37H,13,15-16H2,1-4H3,(H,35,36)/t23-,24-/m1/s1. The molecule has 9 nitrogen and oxygen atoms in total. The molecule has 0 amide bonds. The highest BCUT2D eigenvalue weighted by Gasteiger charge is 2.45. The van der Waals surface area contributed by atoms with Gasteiger partial charge in [0.1, 0.15) is 12.4 Å². The monoisotopic (exact) mass is 513 g/mol. The Balaban J connectivity index is 1.28. The summed E-state index contributed by atoms with van der Waals surface area (Å²) in [5.41, 5.74) is 6.20. The van der Waals surface area contributed by atoms with Crippen molar-refractivity contribution in [3.05, 3.63) is 77.1 Å². The number of tetrazole rings is 1. The van der Waals surface area contributed by atoms with Crippen LogP contribution in [0.4, 0.5) is 0 Å². The number of aryl methyl sites for hydroxylation is 2. The quantitative estimate of drug-likeness (QED) is 0.334. The van der Waals surface area contributed by atoms with Crippen molar-refractivity contribution in [2.75, 3.05) is 0 Å². The third kappa shape index (κ3) is 5.73. The molecular weight excluding hydrogens is 482 g/mol. The third-order valence-electron chi connectivity index (χ3n) is 6.64. The molecule has 1 aliphatic rings. The molecule has 0 unspecified atom stereocenters. The highest BCUT2D eigenvalue weighted by Crippen LogP contribution is 2.46. The van der Waals surface area contributed by atoms with Gasteiger partial charge >= 0.3 is 5.97 Å². The summed E-state index contributed by atoms with van der Waals surface area (Å²) in [6, 6.07) is 16.1.